The average Bonchev–Trinajstić information content (AvgIpc) is 2.46. The summed E-state index contributed by atoms with van der Waals surface area (Å²) in [4.78, 5) is 25.9. The summed E-state index contributed by atoms with van der Waals surface area (Å²) < 4.78 is 5.27. The number of fused-ring (bicyclic) bond motifs is 1. The van der Waals surface area contributed by atoms with Crippen molar-refractivity contribution >= 4 is 17.6 Å². The van der Waals surface area contributed by atoms with E-state index in [0.717, 1.165) is 5.56 Å². The molecule has 0 saturated carbocycles. The second-order valence-electron chi connectivity index (χ2n) is 5.42. The summed E-state index contributed by atoms with van der Waals surface area (Å²) in [6, 6.07) is 8.49. The molecule has 1 aromatic heterocycles. The lowest BCUT2D eigenvalue weighted by molar-refractivity contribution is -0.388. The van der Waals surface area contributed by atoms with Gasteiger partial charge in [-0.3, -0.25) is 5.32 Å². The summed E-state index contributed by atoms with van der Waals surface area (Å²) in [5, 5.41) is 13.7. The molecule has 0 atom stereocenters. The number of carbonyl (C=O) groups is 1. The molecule has 0 aliphatic carbocycles. The third-order valence-electron chi connectivity index (χ3n) is 3.52. The third kappa shape index (κ3) is 2.26. The van der Waals surface area contributed by atoms with Crippen molar-refractivity contribution in [3.63, 3.8) is 0 Å². The number of carbonyl (C=O) groups excluding carboxylic acids is 1. The molecule has 7 heteroatoms. The highest BCUT2D eigenvalue weighted by Crippen LogP contribution is 2.39. The minimum atomic E-state index is -0.815. The van der Waals surface area contributed by atoms with E-state index in [2.05, 4.69) is 10.3 Å². The number of cyclic esters (lactones) is 1. The Hall–Kier alpha value is -2.96. The van der Waals surface area contributed by atoms with E-state index in [9.17, 15) is 14.9 Å². The zero-order valence-corrected chi connectivity index (χ0v) is 12.0. The maximum atomic E-state index is 11.5. The molecule has 1 N–H and O–H groups in total. The Labute approximate surface area is 126 Å². The smallest absolute Gasteiger partial charge is 0.412 e. The molecule has 1 amide bonds. The van der Waals surface area contributed by atoms with Gasteiger partial charge in [-0.15, -0.1) is 0 Å². The summed E-state index contributed by atoms with van der Waals surface area (Å²) in [7, 11) is 0. The van der Waals surface area contributed by atoms with Crippen LogP contribution in [0.15, 0.2) is 36.5 Å². The Kier molecular flexibility index (Phi) is 3.05. The second kappa shape index (κ2) is 4.80. The zero-order valence-electron chi connectivity index (χ0n) is 12.0. The van der Waals surface area contributed by atoms with E-state index in [-0.39, 0.29) is 5.82 Å². The van der Waals surface area contributed by atoms with Gasteiger partial charge in [0.2, 0.25) is 0 Å². The number of nitro groups is 1. The Morgan fingerprint density at radius 2 is 2.09 bits per heavy atom. The van der Waals surface area contributed by atoms with Gasteiger partial charge < -0.3 is 14.9 Å². The molecule has 2 heterocycles. The second-order valence-corrected chi connectivity index (χ2v) is 5.42. The minimum Gasteiger partial charge on any atom is -0.438 e. The first-order valence-corrected chi connectivity index (χ1v) is 6.63. The van der Waals surface area contributed by atoms with Crippen LogP contribution >= 0.6 is 0 Å². The molecule has 22 heavy (non-hydrogen) atoms. The van der Waals surface area contributed by atoms with Crippen molar-refractivity contribution in [1.82, 2.24) is 4.98 Å². The molecule has 0 unspecified atom stereocenters. The maximum Gasteiger partial charge on any atom is 0.412 e. The van der Waals surface area contributed by atoms with Crippen molar-refractivity contribution in [2.24, 2.45) is 0 Å². The number of nitrogens with one attached hydrogen (secondary N) is 1. The van der Waals surface area contributed by atoms with Crippen molar-refractivity contribution in [2.75, 3.05) is 5.32 Å². The van der Waals surface area contributed by atoms with Gasteiger partial charge in [0, 0.05) is 5.56 Å². The summed E-state index contributed by atoms with van der Waals surface area (Å²) in [6.45, 7) is 3.54. The fourth-order valence-electron chi connectivity index (χ4n) is 2.51. The molecule has 1 aromatic carbocycles. The van der Waals surface area contributed by atoms with Crippen LogP contribution in [0.1, 0.15) is 19.4 Å². The topological polar surface area (TPSA) is 94.4 Å². The van der Waals surface area contributed by atoms with Gasteiger partial charge in [0.15, 0.2) is 0 Å². The molecule has 1 aliphatic heterocycles. The standard InChI is InChI=1S/C15H13N3O4/c1-15(2)11-8-9(5-6-12(11)17-14(19)22-15)10-4-3-7-16-13(10)18(20)21/h3-8H,1-2H3,(H,17,19). The number of nitrogens with zero attached hydrogens (tertiary/aromatic N) is 2. The van der Waals surface area contributed by atoms with Crippen LogP contribution in [0.4, 0.5) is 16.3 Å². The first kappa shape index (κ1) is 14.0. The molecule has 1 aliphatic rings. The van der Waals surface area contributed by atoms with Crippen LogP contribution < -0.4 is 5.32 Å². The summed E-state index contributed by atoms with van der Waals surface area (Å²) in [5.74, 6) is -0.207. The van der Waals surface area contributed by atoms with Gasteiger partial charge in [0.1, 0.15) is 11.8 Å². The zero-order chi connectivity index (χ0) is 15.9. The van der Waals surface area contributed by atoms with Gasteiger partial charge in [-0.05, 0) is 53.6 Å². The first-order valence-electron chi connectivity index (χ1n) is 6.63. The number of rotatable bonds is 2. The molecular formula is C15H13N3O4. The largest absolute Gasteiger partial charge is 0.438 e. The number of aromatic nitrogens is 1. The molecule has 0 radical (unpaired) electrons. The number of amides is 1. The van der Waals surface area contributed by atoms with E-state index >= 15 is 0 Å². The van der Waals surface area contributed by atoms with Crippen LogP contribution in [0, 0.1) is 10.1 Å². The number of hydrogen-bond acceptors (Lipinski definition) is 5. The van der Waals surface area contributed by atoms with Gasteiger partial charge in [-0.1, -0.05) is 6.07 Å². The maximum absolute atomic E-state index is 11.5. The third-order valence-corrected chi connectivity index (χ3v) is 3.52. The SMILES string of the molecule is CC1(C)OC(=O)Nc2ccc(-c3cccnc3[N+](=O)[O-])cc21. The molecule has 0 bridgehead atoms. The van der Waals surface area contributed by atoms with Gasteiger partial charge >= 0.3 is 11.9 Å². The molecule has 2 aromatic rings. The lowest BCUT2D eigenvalue weighted by Crippen LogP contribution is -2.34. The predicted molar refractivity (Wildman–Crippen MR) is 79.5 cm³/mol. The molecule has 7 nitrogen and oxygen atoms in total. The van der Waals surface area contributed by atoms with Gasteiger partial charge in [0.25, 0.3) is 0 Å². The highest BCUT2D eigenvalue weighted by molar-refractivity contribution is 5.90. The molecular weight excluding hydrogens is 286 g/mol. The van der Waals surface area contributed by atoms with Crippen molar-refractivity contribution in [2.45, 2.75) is 19.4 Å². The molecule has 0 spiro atoms. The van der Waals surface area contributed by atoms with Crippen molar-refractivity contribution in [3.05, 3.63) is 52.2 Å². The Morgan fingerprint density at radius 3 is 2.82 bits per heavy atom. The van der Waals surface area contributed by atoms with Crippen molar-refractivity contribution in [3.8, 4) is 11.1 Å². The van der Waals surface area contributed by atoms with Crippen molar-refractivity contribution in [1.29, 1.82) is 0 Å². The van der Waals surface area contributed by atoms with Crippen LogP contribution in [0.5, 0.6) is 0 Å². The summed E-state index contributed by atoms with van der Waals surface area (Å²) in [6.07, 6.45) is 0.866. The number of benzene rings is 1. The number of ether oxygens (including phenoxy) is 1. The lowest BCUT2D eigenvalue weighted by atomic mass is 9.91. The Morgan fingerprint density at radius 1 is 1.32 bits per heavy atom. The van der Waals surface area contributed by atoms with E-state index < -0.39 is 16.6 Å². The Balaban J connectivity index is 2.16. The van der Waals surface area contributed by atoms with Gasteiger partial charge in [-0.2, -0.15) is 0 Å². The van der Waals surface area contributed by atoms with Gasteiger partial charge in [-0.25, -0.2) is 4.79 Å². The van der Waals surface area contributed by atoms with Gasteiger partial charge in [0.05, 0.1) is 11.3 Å². The predicted octanol–water partition coefficient (Wildman–Crippen LogP) is 3.45. The molecule has 0 fully saturated rings. The van der Waals surface area contributed by atoms with Crippen LogP contribution in [-0.4, -0.2) is 16.0 Å². The normalized spacial score (nSPS) is 15.5. The van der Waals surface area contributed by atoms with E-state index in [0.29, 0.717) is 16.8 Å². The first-order chi connectivity index (χ1) is 10.4. The van der Waals surface area contributed by atoms with Crippen LogP contribution in [0.3, 0.4) is 0 Å². The van der Waals surface area contributed by atoms with E-state index in [1.807, 2.05) is 0 Å². The number of pyridine rings is 1. The average molecular weight is 299 g/mol. The fraction of sp³-hybridized carbons (Fsp3) is 0.200. The van der Waals surface area contributed by atoms with Crippen LogP contribution in [-0.2, 0) is 10.3 Å². The fourth-order valence-corrected chi connectivity index (χ4v) is 2.51. The molecule has 0 saturated heterocycles. The molecule has 112 valence electrons. The van der Waals surface area contributed by atoms with Crippen LogP contribution in [0.2, 0.25) is 0 Å². The van der Waals surface area contributed by atoms with Crippen molar-refractivity contribution < 1.29 is 14.5 Å². The van der Waals surface area contributed by atoms with E-state index in [1.165, 1.54) is 6.20 Å². The van der Waals surface area contributed by atoms with E-state index in [4.69, 9.17) is 4.74 Å². The highest BCUT2D eigenvalue weighted by atomic mass is 16.6. The highest BCUT2D eigenvalue weighted by Gasteiger charge is 2.34. The summed E-state index contributed by atoms with van der Waals surface area (Å²) in [5.41, 5.74) is 1.64. The quantitative estimate of drug-likeness (QED) is 0.677. The summed E-state index contributed by atoms with van der Waals surface area (Å²) >= 11 is 0. The monoisotopic (exact) mass is 299 g/mol. The van der Waals surface area contributed by atoms with E-state index in [1.54, 1.807) is 44.2 Å². The number of anilines is 1. The number of hydrogen-bond donors (Lipinski definition) is 1. The van der Waals surface area contributed by atoms with Crippen LogP contribution in [0.25, 0.3) is 11.1 Å². The lowest BCUT2D eigenvalue weighted by Gasteiger charge is -2.32. The Bertz CT molecular complexity index is 786. The minimum absolute atomic E-state index is 0.207. The molecule has 3 rings (SSSR count).